The van der Waals surface area contributed by atoms with Gasteiger partial charge in [-0.25, -0.2) is 0 Å². The topological polar surface area (TPSA) is 41.1 Å². The highest BCUT2D eigenvalue weighted by atomic mass is 16.1. The highest BCUT2D eigenvalue weighted by Crippen LogP contribution is 2.32. The van der Waals surface area contributed by atoms with Gasteiger partial charge in [0.05, 0.1) is 11.3 Å². The first-order valence-electron chi connectivity index (χ1n) is 7.83. The Balaban J connectivity index is 1.78. The lowest BCUT2D eigenvalue weighted by Crippen LogP contribution is -2.37. The van der Waals surface area contributed by atoms with Crippen molar-refractivity contribution in [3.05, 3.63) is 29.3 Å². The van der Waals surface area contributed by atoms with E-state index in [0.717, 1.165) is 37.1 Å². The number of rotatable bonds is 2. The quantitative estimate of drug-likeness (QED) is 0.868. The second-order valence-corrected chi connectivity index (χ2v) is 6.36. The summed E-state index contributed by atoms with van der Waals surface area (Å²) in [6, 6.07) is 6.40. The Morgan fingerprint density at radius 3 is 2.90 bits per heavy atom. The van der Waals surface area contributed by atoms with Crippen molar-refractivity contribution in [2.75, 3.05) is 11.9 Å². The molecule has 1 aliphatic heterocycles. The van der Waals surface area contributed by atoms with Gasteiger partial charge >= 0.3 is 0 Å². The van der Waals surface area contributed by atoms with Gasteiger partial charge in [-0.1, -0.05) is 26.0 Å². The molecule has 3 unspecified atom stereocenters. The molecule has 2 N–H and O–H groups in total. The molecule has 0 saturated heterocycles. The number of anilines is 1. The first-order chi connectivity index (χ1) is 9.66. The molecule has 3 heteroatoms. The molecule has 1 aliphatic carbocycles. The lowest BCUT2D eigenvalue weighted by Gasteiger charge is -2.23. The minimum Gasteiger partial charge on any atom is -0.384 e. The Kier molecular flexibility index (Phi) is 3.68. The average molecular weight is 272 g/mol. The zero-order chi connectivity index (χ0) is 14.1. The van der Waals surface area contributed by atoms with Crippen LogP contribution in [0.3, 0.4) is 0 Å². The largest absolute Gasteiger partial charge is 0.384 e. The third-order valence-electron chi connectivity index (χ3n) is 5.10. The number of aryl methyl sites for hydroxylation is 1. The van der Waals surface area contributed by atoms with Gasteiger partial charge in [0, 0.05) is 12.6 Å². The third-order valence-corrected chi connectivity index (χ3v) is 5.10. The SMILES string of the molecule is CC1CCC(NC(=O)c2cccc3c2NCCC3)C1C. The average Bonchev–Trinajstić information content (AvgIpc) is 2.78. The smallest absolute Gasteiger partial charge is 0.253 e. The molecule has 3 rings (SSSR count). The molecule has 2 aliphatic rings. The van der Waals surface area contributed by atoms with Crippen LogP contribution in [0, 0.1) is 11.8 Å². The second-order valence-electron chi connectivity index (χ2n) is 6.36. The normalized spacial score (nSPS) is 28.6. The van der Waals surface area contributed by atoms with Crippen LogP contribution in [-0.2, 0) is 6.42 Å². The third kappa shape index (κ3) is 2.41. The molecule has 108 valence electrons. The van der Waals surface area contributed by atoms with Crippen molar-refractivity contribution in [2.24, 2.45) is 11.8 Å². The van der Waals surface area contributed by atoms with Gasteiger partial charge < -0.3 is 10.6 Å². The fraction of sp³-hybridized carbons (Fsp3) is 0.588. The van der Waals surface area contributed by atoms with E-state index in [-0.39, 0.29) is 5.91 Å². The minimum atomic E-state index is 0.0854. The summed E-state index contributed by atoms with van der Waals surface area (Å²) in [5.41, 5.74) is 3.14. The number of amides is 1. The second kappa shape index (κ2) is 5.47. The van der Waals surface area contributed by atoms with Gasteiger partial charge in [-0.05, 0) is 49.1 Å². The zero-order valence-corrected chi connectivity index (χ0v) is 12.4. The number of hydrogen-bond acceptors (Lipinski definition) is 2. The summed E-state index contributed by atoms with van der Waals surface area (Å²) in [4.78, 5) is 12.6. The lowest BCUT2D eigenvalue weighted by molar-refractivity contribution is 0.0928. The van der Waals surface area contributed by atoms with Crippen LogP contribution < -0.4 is 10.6 Å². The number of carbonyl (C=O) groups excluding carboxylic acids is 1. The van der Waals surface area contributed by atoms with E-state index in [1.54, 1.807) is 0 Å². The highest BCUT2D eigenvalue weighted by molar-refractivity contribution is 6.00. The maximum Gasteiger partial charge on any atom is 0.253 e. The number of benzene rings is 1. The van der Waals surface area contributed by atoms with E-state index in [9.17, 15) is 4.79 Å². The molecule has 0 bridgehead atoms. The number of para-hydroxylation sites is 1. The minimum absolute atomic E-state index is 0.0854. The molecular formula is C17H24N2O. The van der Waals surface area contributed by atoms with Gasteiger partial charge in [0.2, 0.25) is 0 Å². The summed E-state index contributed by atoms with van der Waals surface area (Å²) >= 11 is 0. The van der Waals surface area contributed by atoms with E-state index in [2.05, 4.69) is 30.5 Å². The van der Waals surface area contributed by atoms with Crippen molar-refractivity contribution in [1.29, 1.82) is 0 Å². The Morgan fingerprint density at radius 2 is 2.15 bits per heavy atom. The standard InChI is InChI=1S/C17H24N2O/c1-11-8-9-15(12(11)2)19-17(20)14-7-3-5-13-6-4-10-18-16(13)14/h3,5,7,11-12,15,18H,4,6,8-10H2,1-2H3,(H,19,20). The van der Waals surface area contributed by atoms with Gasteiger partial charge in [-0.2, -0.15) is 0 Å². The van der Waals surface area contributed by atoms with Crippen LogP contribution in [0.4, 0.5) is 5.69 Å². The zero-order valence-electron chi connectivity index (χ0n) is 12.4. The monoisotopic (exact) mass is 272 g/mol. The summed E-state index contributed by atoms with van der Waals surface area (Å²) in [5.74, 6) is 1.37. The molecule has 0 spiro atoms. The number of nitrogens with one attached hydrogen (secondary N) is 2. The summed E-state index contributed by atoms with van der Waals surface area (Å²) in [7, 11) is 0. The molecule has 1 aromatic rings. The van der Waals surface area contributed by atoms with Crippen LogP contribution in [0.2, 0.25) is 0 Å². The van der Waals surface area contributed by atoms with E-state index in [1.807, 2.05) is 12.1 Å². The summed E-state index contributed by atoms with van der Waals surface area (Å²) in [5, 5.41) is 6.64. The molecule has 20 heavy (non-hydrogen) atoms. The molecule has 1 fully saturated rings. The molecule has 1 saturated carbocycles. The van der Waals surface area contributed by atoms with Crippen LogP contribution >= 0.6 is 0 Å². The maximum absolute atomic E-state index is 12.6. The van der Waals surface area contributed by atoms with E-state index in [1.165, 1.54) is 12.0 Å². The van der Waals surface area contributed by atoms with Crippen molar-refractivity contribution < 1.29 is 4.79 Å². The van der Waals surface area contributed by atoms with E-state index in [0.29, 0.717) is 17.9 Å². The molecule has 1 aromatic carbocycles. The van der Waals surface area contributed by atoms with Gasteiger partial charge in [0.15, 0.2) is 0 Å². The fourth-order valence-electron chi connectivity index (χ4n) is 3.51. The van der Waals surface area contributed by atoms with E-state index in [4.69, 9.17) is 0 Å². The molecule has 1 amide bonds. The maximum atomic E-state index is 12.6. The Bertz CT molecular complexity index is 512. The van der Waals surface area contributed by atoms with E-state index < -0.39 is 0 Å². The highest BCUT2D eigenvalue weighted by Gasteiger charge is 2.31. The predicted octanol–water partition coefficient (Wildman–Crippen LogP) is 3.21. The first kappa shape index (κ1) is 13.5. The predicted molar refractivity (Wildman–Crippen MR) is 82.1 cm³/mol. The molecule has 0 aromatic heterocycles. The van der Waals surface area contributed by atoms with Crippen molar-refractivity contribution in [2.45, 2.75) is 45.6 Å². The van der Waals surface area contributed by atoms with Crippen LogP contribution in [0.15, 0.2) is 18.2 Å². The fourth-order valence-corrected chi connectivity index (χ4v) is 3.51. The van der Waals surface area contributed by atoms with Gasteiger partial charge in [0.25, 0.3) is 5.91 Å². The Morgan fingerprint density at radius 1 is 1.30 bits per heavy atom. The Labute approximate surface area is 121 Å². The molecule has 3 nitrogen and oxygen atoms in total. The first-order valence-corrected chi connectivity index (χ1v) is 7.83. The van der Waals surface area contributed by atoms with Crippen LogP contribution in [0.5, 0.6) is 0 Å². The van der Waals surface area contributed by atoms with Crippen molar-refractivity contribution in [3.8, 4) is 0 Å². The van der Waals surface area contributed by atoms with Gasteiger partial charge in [0.1, 0.15) is 0 Å². The molecule has 0 radical (unpaired) electrons. The molecule has 3 atom stereocenters. The van der Waals surface area contributed by atoms with Crippen molar-refractivity contribution >= 4 is 11.6 Å². The van der Waals surface area contributed by atoms with Crippen LogP contribution in [0.25, 0.3) is 0 Å². The summed E-state index contributed by atoms with van der Waals surface area (Å²) in [6.45, 7) is 5.50. The van der Waals surface area contributed by atoms with Crippen molar-refractivity contribution in [1.82, 2.24) is 5.32 Å². The number of carbonyl (C=O) groups is 1. The number of hydrogen-bond donors (Lipinski definition) is 2. The van der Waals surface area contributed by atoms with Crippen molar-refractivity contribution in [3.63, 3.8) is 0 Å². The Hall–Kier alpha value is -1.51. The molecular weight excluding hydrogens is 248 g/mol. The van der Waals surface area contributed by atoms with Crippen LogP contribution in [-0.4, -0.2) is 18.5 Å². The van der Waals surface area contributed by atoms with Gasteiger partial charge in [-0.3, -0.25) is 4.79 Å². The van der Waals surface area contributed by atoms with E-state index >= 15 is 0 Å². The molecule has 1 heterocycles. The summed E-state index contributed by atoms with van der Waals surface area (Å²) in [6.07, 6.45) is 4.54. The number of fused-ring (bicyclic) bond motifs is 1. The van der Waals surface area contributed by atoms with Crippen LogP contribution in [0.1, 0.15) is 49.0 Å². The van der Waals surface area contributed by atoms with Gasteiger partial charge in [-0.15, -0.1) is 0 Å². The lowest BCUT2D eigenvalue weighted by atomic mass is 9.96. The summed E-state index contributed by atoms with van der Waals surface area (Å²) < 4.78 is 0.